The van der Waals surface area contributed by atoms with Gasteiger partial charge in [0.25, 0.3) is 0 Å². The molecular formula is C8H12N2. The van der Waals surface area contributed by atoms with Crippen LogP contribution in [0, 0.1) is 11.3 Å². The van der Waals surface area contributed by atoms with Gasteiger partial charge in [-0.2, -0.15) is 5.26 Å². The summed E-state index contributed by atoms with van der Waals surface area (Å²) in [5.41, 5.74) is 7.03. The summed E-state index contributed by atoms with van der Waals surface area (Å²) < 4.78 is 0. The fourth-order valence-electron chi connectivity index (χ4n) is 0.418. The lowest BCUT2D eigenvalue weighted by Gasteiger charge is -1.87. The number of nitriles is 1. The van der Waals surface area contributed by atoms with Gasteiger partial charge >= 0.3 is 0 Å². The second-order valence-electron chi connectivity index (χ2n) is 2.25. The minimum atomic E-state index is 0.320. The van der Waals surface area contributed by atoms with Gasteiger partial charge in [-0.3, -0.25) is 0 Å². The van der Waals surface area contributed by atoms with Crippen LogP contribution >= 0.6 is 0 Å². The van der Waals surface area contributed by atoms with Crippen molar-refractivity contribution in [3.63, 3.8) is 0 Å². The van der Waals surface area contributed by atoms with Gasteiger partial charge in [0.2, 0.25) is 0 Å². The molecule has 0 aromatic carbocycles. The van der Waals surface area contributed by atoms with E-state index in [1.54, 1.807) is 6.08 Å². The molecule has 0 aromatic rings. The van der Waals surface area contributed by atoms with Gasteiger partial charge in [0.1, 0.15) is 0 Å². The SMILES string of the molecule is CC(C)=C/C=C(/C#N)CN. The Balaban J connectivity index is 4.17. The summed E-state index contributed by atoms with van der Waals surface area (Å²) in [5.74, 6) is 0. The average Bonchev–Trinajstić information content (AvgIpc) is 1.90. The molecule has 10 heavy (non-hydrogen) atoms. The highest BCUT2D eigenvalue weighted by Crippen LogP contribution is 1.93. The second kappa shape index (κ2) is 4.78. The molecule has 0 fully saturated rings. The summed E-state index contributed by atoms with van der Waals surface area (Å²) >= 11 is 0. The lowest BCUT2D eigenvalue weighted by atomic mass is 10.2. The molecule has 0 saturated heterocycles. The Labute approximate surface area is 61.6 Å². The molecular weight excluding hydrogens is 124 g/mol. The van der Waals surface area contributed by atoms with Crippen LogP contribution in [0.3, 0.4) is 0 Å². The summed E-state index contributed by atoms with van der Waals surface area (Å²) in [6.45, 7) is 4.27. The van der Waals surface area contributed by atoms with Gasteiger partial charge in [0.15, 0.2) is 0 Å². The number of hydrogen-bond acceptors (Lipinski definition) is 2. The van der Waals surface area contributed by atoms with E-state index < -0.39 is 0 Å². The van der Waals surface area contributed by atoms with Crippen LogP contribution in [0.5, 0.6) is 0 Å². The molecule has 0 aliphatic rings. The van der Waals surface area contributed by atoms with Crippen LogP contribution in [-0.4, -0.2) is 6.54 Å². The fourth-order valence-corrected chi connectivity index (χ4v) is 0.418. The van der Waals surface area contributed by atoms with E-state index in [-0.39, 0.29) is 0 Å². The van der Waals surface area contributed by atoms with Gasteiger partial charge in [-0.15, -0.1) is 0 Å². The standard InChI is InChI=1S/C8H12N2/c1-7(2)3-4-8(5-9)6-10/h3-4H,5,9H2,1-2H3/b8-4+. The summed E-state index contributed by atoms with van der Waals surface area (Å²) in [5, 5.41) is 8.41. The number of hydrogen-bond donors (Lipinski definition) is 1. The van der Waals surface area contributed by atoms with Gasteiger partial charge in [-0.1, -0.05) is 11.6 Å². The Morgan fingerprint density at radius 1 is 1.50 bits per heavy atom. The first-order valence-corrected chi connectivity index (χ1v) is 3.15. The maximum atomic E-state index is 8.41. The number of nitrogens with two attached hydrogens (primary N) is 1. The van der Waals surface area contributed by atoms with E-state index in [4.69, 9.17) is 11.0 Å². The van der Waals surface area contributed by atoms with Crippen molar-refractivity contribution in [1.82, 2.24) is 0 Å². The average molecular weight is 136 g/mol. The van der Waals surface area contributed by atoms with Gasteiger partial charge in [0.05, 0.1) is 6.07 Å². The summed E-state index contributed by atoms with van der Waals surface area (Å²) in [6, 6.07) is 2.00. The normalized spacial score (nSPS) is 10.4. The first-order chi connectivity index (χ1) is 4.70. The van der Waals surface area contributed by atoms with Crippen LogP contribution in [-0.2, 0) is 0 Å². The number of nitrogens with zero attached hydrogens (tertiary/aromatic N) is 1. The molecule has 0 amide bonds. The van der Waals surface area contributed by atoms with Crippen LogP contribution in [0.25, 0.3) is 0 Å². The van der Waals surface area contributed by atoms with E-state index >= 15 is 0 Å². The molecule has 0 aromatic heterocycles. The van der Waals surface area contributed by atoms with Gasteiger partial charge in [-0.25, -0.2) is 0 Å². The first-order valence-electron chi connectivity index (χ1n) is 3.15. The van der Waals surface area contributed by atoms with Crippen molar-refractivity contribution in [2.24, 2.45) is 5.73 Å². The molecule has 0 radical (unpaired) electrons. The molecule has 0 heterocycles. The van der Waals surface area contributed by atoms with Gasteiger partial charge < -0.3 is 5.73 Å². The van der Waals surface area contributed by atoms with Gasteiger partial charge in [0, 0.05) is 12.1 Å². The zero-order chi connectivity index (χ0) is 7.98. The molecule has 2 N–H and O–H groups in total. The summed E-state index contributed by atoms with van der Waals surface area (Å²) in [4.78, 5) is 0. The highest BCUT2D eigenvalue weighted by molar-refractivity contribution is 5.27. The van der Waals surface area contributed by atoms with E-state index in [0.717, 1.165) is 0 Å². The Morgan fingerprint density at radius 3 is 2.40 bits per heavy atom. The largest absolute Gasteiger partial charge is 0.326 e. The molecule has 54 valence electrons. The van der Waals surface area contributed by atoms with Crippen molar-refractivity contribution in [3.8, 4) is 6.07 Å². The molecule has 2 nitrogen and oxygen atoms in total. The topological polar surface area (TPSA) is 49.8 Å². The van der Waals surface area contributed by atoms with Crippen molar-refractivity contribution in [3.05, 3.63) is 23.3 Å². The van der Waals surface area contributed by atoms with E-state index in [0.29, 0.717) is 12.1 Å². The quantitative estimate of drug-likeness (QED) is 0.460. The van der Waals surface area contributed by atoms with Crippen LogP contribution in [0.1, 0.15) is 13.8 Å². The molecule has 0 rings (SSSR count). The predicted octanol–water partition coefficient (Wildman–Crippen LogP) is 1.36. The van der Waals surface area contributed by atoms with Crippen LogP contribution in [0.4, 0.5) is 0 Å². The van der Waals surface area contributed by atoms with Crippen molar-refractivity contribution in [1.29, 1.82) is 5.26 Å². The third kappa shape index (κ3) is 3.88. The van der Waals surface area contributed by atoms with Crippen molar-refractivity contribution >= 4 is 0 Å². The third-order valence-corrected chi connectivity index (χ3v) is 0.981. The Morgan fingerprint density at radius 2 is 2.10 bits per heavy atom. The lowest BCUT2D eigenvalue weighted by Crippen LogP contribution is -2.00. The van der Waals surface area contributed by atoms with E-state index in [1.807, 2.05) is 26.0 Å². The first kappa shape index (κ1) is 8.93. The molecule has 0 bridgehead atoms. The Kier molecular flexibility index (Phi) is 4.26. The Bertz CT molecular complexity index is 190. The molecule has 2 heteroatoms. The molecule has 0 aliphatic carbocycles. The minimum absolute atomic E-state index is 0.320. The van der Waals surface area contributed by atoms with E-state index in [2.05, 4.69) is 0 Å². The van der Waals surface area contributed by atoms with E-state index in [1.165, 1.54) is 5.57 Å². The molecule has 0 saturated carbocycles. The maximum Gasteiger partial charge on any atom is 0.0960 e. The van der Waals surface area contributed by atoms with Crippen LogP contribution < -0.4 is 5.73 Å². The second-order valence-corrected chi connectivity index (χ2v) is 2.25. The van der Waals surface area contributed by atoms with E-state index in [9.17, 15) is 0 Å². The smallest absolute Gasteiger partial charge is 0.0960 e. The highest BCUT2D eigenvalue weighted by Gasteiger charge is 1.85. The maximum absolute atomic E-state index is 8.41. The van der Waals surface area contributed by atoms with Crippen molar-refractivity contribution in [2.75, 3.05) is 6.54 Å². The summed E-state index contributed by atoms with van der Waals surface area (Å²) in [6.07, 6.45) is 3.63. The lowest BCUT2D eigenvalue weighted by molar-refractivity contribution is 1.19. The van der Waals surface area contributed by atoms with Crippen molar-refractivity contribution in [2.45, 2.75) is 13.8 Å². The molecule has 0 unspecified atom stereocenters. The molecule has 0 aliphatic heterocycles. The van der Waals surface area contributed by atoms with Crippen LogP contribution in [0.15, 0.2) is 23.3 Å². The Hall–Kier alpha value is -1.07. The third-order valence-electron chi connectivity index (χ3n) is 0.981. The van der Waals surface area contributed by atoms with Gasteiger partial charge in [-0.05, 0) is 19.9 Å². The number of allylic oxidation sites excluding steroid dienone is 3. The van der Waals surface area contributed by atoms with Crippen molar-refractivity contribution < 1.29 is 0 Å². The predicted molar refractivity (Wildman–Crippen MR) is 42.2 cm³/mol. The monoisotopic (exact) mass is 136 g/mol. The zero-order valence-corrected chi connectivity index (χ0v) is 6.39. The highest BCUT2D eigenvalue weighted by atomic mass is 14.5. The number of rotatable bonds is 2. The zero-order valence-electron chi connectivity index (χ0n) is 6.39. The van der Waals surface area contributed by atoms with Crippen LogP contribution in [0.2, 0.25) is 0 Å². The summed E-state index contributed by atoms with van der Waals surface area (Å²) in [7, 11) is 0. The fraction of sp³-hybridized carbons (Fsp3) is 0.375. The molecule has 0 spiro atoms. The minimum Gasteiger partial charge on any atom is -0.326 e. The molecule has 0 atom stereocenters.